The number of aliphatic hydroxyl groups is 5. The minimum Gasteiger partial charge on any atom is -0.508 e. The second-order valence-electron chi connectivity index (χ2n) is 26.7. The average molecular weight is 1140 g/mol. The molecule has 0 amide bonds. The van der Waals surface area contributed by atoms with Gasteiger partial charge in [-0.25, -0.2) is 0 Å². The van der Waals surface area contributed by atoms with Gasteiger partial charge < -0.3 is 57.1 Å². The number of aromatic hydroxyl groups is 1. The first kappa shape index (κ1) is 57.5. The summed E-state index contributed by atoms with van der Waals surface area (Å²) < 4.78 is 5.95. The number of phenolic OH excluding ortho intramolecular Hbond substituents is 1. The molecule has 12 N–H and O–H groups in total. The van der Waals surface area contributed by atoms with Crippen LogP contribution in [0.15, 0.2) is 70.6 Å². The lowest BCUT2D eigenvalue weighted by Gasteiger charge is -2.63. The number of ether oxygens (including phenoxy) is 1. The molecule has 3 heterocycles. The Kier molecular flexibility index (Phi) is 16.1. The summed E-state index contributed by atoms with van der Waals surface area (Å²) in [6.07, 6.45) is 9.13. The van der Waals surface area contributed by atoms with Crippen molar-refractivity contribution in [1.82, 2.24) is 10.3 Å². The van der Waals surface area contributed by atoms with Gasteiger partial charge in [0, 0.05) is 84.2 Å². The van der Waals surface area contributed by atoms with Crippen LogP contribution in [0.4, 0.5) is 0 Å². The number of nitrogens with two attached hydrogens (primary N) is 2. The van der Waals surface area contributed by atoms with Crippen LogP contribution in [0.25, 0.3) is 0 Å². The van der Waals surface area contributed by atoms with Crippen LogP contribution in [0.2, 0.25) is 0 Å². The van der Waals surface area contributed by atoms with Crippen LogP contribution in [-0.2, 0) is 19.1 Å². The van der Waals surface area contributed by atoms with Gasteiger partial charge in [0.2, 0.25) is 0 Å². The highest BCUT2D eigenvalue weighted by molar-refractivity contribution is 8.76. The number of phenols is 1. The number of aliphatic imine (C=N–C) groups is 1. The Bertz CT molecular complexity index is 2830. The van der Waals surface area contributed by atoms with Gasteiger partial charge in [-0.15, -0.1) is 5.92 Å². The SMILES string of the molecule is C[C@@H]1CCC2=CC[C@@H]3[C@H](C[C@@H]([C@H]4COC(=O)[C@@H]4c4cc[nH]c4)C#CC[C@H]4C[C@@]5(O)C6=C7NCC(=O)C[C@H](c8ccc(O)cc8)CSSC[C@@H]8[C@@H](O)[C@@H](O)C[C@@](C)([C@@H]8C7=O)[C@H]6CC[C@]5(CCN=C(N)N)[C@H]4[C@@](C)(O)[C@H](O)C[C@H]3C)[C@H]2C1. The molecule has 0 unspecified atom stereocenters. The topological polar surface area (TPSA) is 274 Å². The molecule has 15 nitrogen and oxygen atoms in total. The Balaban J connectivity index is 1.06. The minimum absolute atomic E-state index is 0.0500. The van der Waals surface area contributed by atoms with E-state index in [-0.39, 0.29) is 129 Å². The van der Waals surface area contributed by atoms with Crippen LogP contribution >= 0.6 is 21.6 Å². The average Bonchev–Trinajstić information content (AvgIpc) is 4.34. The summed E-state index contributed by atoms with van der Waals surface area (Å²) in [6, 6.07) is 8.80. The molecule has 7 aliphatic carbocycles. The number of aromatic nitrogens is 1. The Hall–Kier alpha value is -4.28. The summed E-state index contributed by atoms with van der Waals surface area (Å²) in [6.45, 7) is 8.39. The first-order chi connectivity index (χ1) is 38.2. The molecule has 4 saturated carbocycles. The van der Waals surface area contributed by atoms with Gasteiger partial charge in [-0.1, -0.05) is 72.1 Å². The summed E-state index contributed by atoms with van der Waals surface area (Å²) in [7, 11) is 3.08. The lowest BCUT2D eigenvalue weighted by Crippen LogP contribution is -2.67. The quantitative estimate of drug-likeness (QED) is 0.0353. The molecule has 17 heteroatoms. The van der Waals surface area contributed by atoms with Crippen LogP contribution in [-0.4, -0.2) is 120 Å². The lowest BCUT2D eigenvalue weighted by atomic mass is 9.43. The van der Waals surface area contributed by atoms with E-state index in [4.69, 9.17) is 16.2 Å². The van der Waals surface area contributed by atoms with Crippen molar-refractivity contribution >= 4 is 45.1 Å². The summed E-state index contributed by atoms with van der Waals surface area (Å²) in [5, 5.41) is 78.9. The fraction of sp³-hybridized carbons (Fsp3) is 0.683. The maximum Gasteiger partial charge on any atom is 0.313 e. The minimum atomic E-state index is -1.87. The van der Waals surface area contributed by atoms with E-state index in [2.05, 4.69) is 47.1 Å². The summed E-state index contributed by atoms with van der Waals surface area (Å²) >= 11 is 0. The summed E-state index contributed by atoms with van der Waals surface area (Å²) in [5.74, 6) is 4.29. The highest BCUT2D eigenvalue weighted by Crippen LogP contribution is 2.73. The number of esters is 1. The zero-order chi connectivity index (χ0) is 56.6. The molecule has 2 saturated heterocycles. The number of hydrogen-bond acceptors (Lipinski definition) is 14. The van der Waals surface area contributed by atoms with Crippen molar-refractivity contribution in [2.24, 2.45) is 98.3 Å². The van der Waals surface area contributed by atoms with E-state index in [1.807, 2.05) is 37.5 Å². The highest BCUT2D eigenvalue weighted by atomic mass is 33.1. The zero-order valence-corrected chi connectivity index (χ0v) is 48.5. The van der Waals surface area contributed by atoms with Crippen LogP contribution in [0.5, 0.6) is 5.75 Å². The molecule has 434 valence electrons. The molecule has 2 aliphatic heterocycles. The third-order valence-corrected chi connectivity index (χ3v) is 24.8. The number of guanidine groups is 1. The Labute approximate surface area is 479 Å². The first-order valence-electron chi connectivity index (χ1n) is 29.8. The maximum absolute atomic E-state index is 16.0. The van der Waals surface area contributed by atoms with E-state index in [0.717, 1.165) is 43.2 Å². The van der Waals surface area contributed by atoms with Crippen molar-refractivity contribution in [3.63, 3.8) is 0 Å². The monoisotopic (exact) mass is 1140 g/mol. The standard InChI is InChI=1S/C63H85N5O10S2/c1-33-8-9-36-12-15-43-34(2)23-50(72)61(4,76)57-38(7-5-6-37(25-45(43)44(36)22-33)46-30-78-58(75)51(46)39-17-20-66-28-39)26-63(77)53-48(16-18-62(57,63)19-21-67-59(64)65)60(3)27-49(71)55(73)47-32-80-79-31-40(35-10-13-41(69)14-11-35)24-42(70)29-68-54(53)56(74)52(47)60/h10-14,17,20,28,33-34,37-38,40,43-52,55,57,66,68-69,71-73,76-77H,7-9,15-16,18-19,21-27,29-32H2,1-4H3,(H4,64,65,67)/t33-,34-,37+,38+,40+,43+,44+,45+,46-,47+,48+,49+,50-,51-,52+,55-,57-,60-,61+,62+,63-/m1/s1. The highest BCUT2D eigenvalue weighted by Gasteiger charge is 2.74. The second kappa shape index (κ2) is 22.4. The van der Waals surface area contributed by atoms with Gasteiger partial charge in [-0.3, -0.25) is 19.4 Å². The molecule has 11 rings (SSSR count). The molecule has 2 bridgehead atoms. The van der Waals surface area contributed by atoms with E-state index in [9.17, 15) is 40.2 Å². The molecule has 21 atom stereocenters. The number of H-pyrrole nitrogens is 1. The van der Waals surface area contributed by atoms with E-state index in [1.54, 1.807) is 29.9 Å². The number of aromatic amines is 1. The van der Waals surface area contributed by atoms with Crippen molar-refractivity contribution in [2.45, 2.75) is 153 Å². The van der Waals surface area contributed by atoms with Crippen LogP contribution in [0.1, 0.15) is 134 Å². The third kappa shape index (κ3) is 9.97. The van der Waals surface area contributed by atoms with E-state index >= 15 is 4.79 Å². The molecular formula is C63H85N5O10S2. The van der Waals surface area contributed by atoms with Gasteiger partial charge in [0.1, 0.15) is 5.75 Å². The van der Waals surface area contributed by atoms with Gasteiger partial charge in [0.05, 0.1) is 54.3 Å². The number of fused-ring (bicyclic) bond motifs is 10. The zero-order valence-electron chi connectivity index (χ0n) is 46.9. The molecule has 0 spiro atoms. The fourth-order valence-electron chi connectivity index (χ4n) is 18.6. The van der Waals surface area contributed by atoms with E-state index in [0.29, 0.717) is 41.8 Å². The van der Waals surface area contributed by atoms with E-state index < -0.39 is 75.9 Å². The van der Waals surface area contributed by atoms with Crippen LogP contribution in [0.3, 0.4) is 0 Å². The molecule has 80 heavy (non-hydrogen) atoms. The number of benzene rings is 1. The number of rotatable bonds is 6. The first-order valence-corrected chi connectivity index (χ1v) is 32.2. The molecule has 1 aromatic carbocycles. The van der Waals surface area contributed by atoms with Crippen LogP contribution < -0.4 is 16.8 Å². The van der Waals surface area contributed by atoms with Crippen molar-refractivity contribution in [3.05, 3.63) is 76.8 Å². The predicted molar refractivity (Wildman–Crippen MR) is 309 cm³/mol. The van der Waals surface area contributed by atoms with E-state index in [1.165, 1.54) is 16.4 Å². The number of nitrogens with one attached hydrogen (secondary N) is 2. The van der Waals surface area contributed by atoms with Crippen molar-refractivity contribution in [3.8, 4) is 17.6 Å². The van der Waals surface area contributed by atoms with Crippen molar-refractivity contribution in [2.75, 3.05) is 31.2 Å². The molecule has 9 aliphatic rings. The smallest absolute Gasteiger partial charge is 0.313 e. The van der Waals surface area contributed by atoms with Crippen LogP contribution in [0, 0.1) is 93.7 Å². The number of hydrogen-bond donors (Lipinski definition) is 10. The van der Waals surface area contributed by atoms with Crippen molar-refractivity contribution < 1.29 is 49.8 Å². The predicted octanol–water partition coefficient (Wildman–Crippen LogP) is 6.88. The largest absolute Gasteiger partial charge is 0.508 e. The number of cyclic esters (lactones) is 1. The van der Waals surface area contributed by atoms with Gasteiger partial charge in [-0.05, 0) is 159 Å². The number of nitrogens with zero attached hydrogens (tertiary/aromatic N) is 1. The number of ketones is 2. The maximum atomic E-state index is 16.0. The van der Waals surface area contributed by atoms with Gasteiger partial charge in [0.25, 0.3) is 0 Å². The summed E-state index contributed by atoms with van der Waals surface area (Å²) in [4.78, 5) is 51.9. The van der Waals surface area contributed by atoms with Gasteiger partial charge in [-0.2, -0.15) is 0 Å². The molecule has 6 fully saturated rings. The lowest BCUT2D eigenvalue weighted by molar-refractivity contribution is -0.193. The fourth-order valence-corrected chi connectivity index (χ4v) is 21.4. The second-order valence-corrected chi connectivity index (χ2v) is 29.2. The van der Waals surface area contributed by atoms with Gasteiger partial charge >= 0.3 is 5.97 Å². The number of carbonyl (C=O) groups is 3. The molecular weight excluding hydrogens is 1050 g/mol. The number of aliphatic hydroxyl groups excluding tert-OH is 3. The Morgan fingerprint density at radius 3 is 2.45 bits per heavy atom. The Morgan fingerprint density at radius 1 is 0.925 bits per heavy atom. The third-order valence-electron chi connectivity index (χ3n) is 22.3. The molecule has 1 aromatic heterocycles. The molecule has 0 radical (unpaired) electrons. The summed E-state index contributed by atoms with van der Waals surface area (Å²) in [5.41, 5.74) is 10.1. The van der Waals surface area contributed by atoms with Gasteiger partial charge in [0.15, 0.2) is 17.5 Å². The molecule has 2 aromatic rings. The normalized spacial score (nSPS) is 44.0. The Morgan fingerprint density at radius 2 is 1.70 bits per heavy atom. The number of allylic oxidation sites excluding steroid dienone is 3. The number of carbonyl (C=O) groups excluding carboxylic acids is 3. The van der Waals surface area contributed by atoms with Crippen molar-refractivity contribution in [1.29, 1.82) is 0 Å². The number of Topliss-reactive ketones (excluding diaryl/α,β-unsaturated/α-hetero) is 2.